The van der Waals surface area contributed by atoms with E-state index in [-0.39, 0.29) is 17.8 Å². The van der Waals surface area contributed by atoms with Crippen molar-refractivity contribution in [3.8, 4) is 0 Å². The van der Waals surface area contributed by atoms with Crippen LogP contribution in [-0.4, -0.2) is 48.9 Å². The minimum Gasteiger partial charge on any atom is -0.464 e. The molecule has 0 saturated carbocycles. The number of halogens is 1. The summed E-state index contributed by atoms with van der Waals surface area (Å²) in [7, 11) is 0. The summed E-state index contributed by atoms with van der Waals surface area (Å²) in [6, 6.07) is 14.0. The van der Waals surface area contributed by atoms with Crippen LogP contribution in [0.2, 0.25) is 0 Å². The molecule has 2 aliphatic carbocycles. The number of anilines is 1. The molecule has 3 aromatic rings. The van der Waals surface area contributed by atoms with Gasteiger partial charge in [0.1, 0.15) is 5.82 Å². The number of imide groups is 1. The van der Waals surface area contributed by atoms with Crippen LogP contribution in [-0.2, 0) is 34.3 Å². The number of nitrogens with zero attached hydrogens (tertiary/aromatic N) is 4. The highest BCUT2D eigenvalue weighted by Crippen LogP contribution is 2.48. The molecule has 2 atom stereocenters. The molecule has 8 nitrogen and oxygen atoms in total. The molecule has 0 bridgehead atoms. The maximum Gasteiger partial charge on any atom is 0.420 e. The van der Waals surface area contributed by atoms with Gasteiger partial charge in [0.2, 0.25) is 11.8 Å². The first-order valence-corrected chi connectivity index (χ1v) is 15.3. The van der Waals surface area contributed by atoms with E-state index in [0.29, 0.717) is 24.9 Å². The Morgan fingerprint density at radius 1 is 1.17 bits per heavy atom. The van der Waals surface area contributed by atoms with Gasteiger partial charge in [0.05, 0.1) is 16.9 Å². The molecule has 6 rings (SSSR count). The molecule has 1 N–H and O–H groups in total. The molecule has 3 heterocycles. The van der Waals surface area contributed by atoms with Gasteiger partial charge in [0.15, 0.2) is 0 Å². The van der Waals surface area contributed by atoms with Gasteiger partial charge in [-0.05, 0) is 53.6 Å². The van der Waals surface area contributed by atoms with Crippen LogP contribution in [0.3, 0.4) is 0 Å². The van der Waals surface area contributed by atoms with E-state index < -0.39 is 22.8 Å². The van der Waals surface area contributed by atoms with E-state index in [2.05, 4.69) is 50.8 Å². The monoisotopic (exact) mass is 662 g/mol. The first kappa shape index (κ1) is 27.6. The van der Waals surface area contributed by atoms with Gasteiger partial charge in [-0.25, -0.2) is 9.78 Å². The SMILES string of the molecule is CC(C)(CI)C(=O)N(C/C=C/c1cnc2c(c1)C[C@@]1(C2)C(=O)N(C(=O)O)c2ncccc21)[C@@H]1CCc2ccccc21. The van der Waals surface area contributed by atoms with Crippen LogP contribution in [0.15, 0.2) is 60.9 Å². The third-order valence-electron chi connectivity index (χ3n) is 8.62. The number of amides is 3. The van der Waals surface area contributed by atoms with E-state index in [4.69, 9.17) is 0 Å². The number of carboxylic acid groups (broad SMARTS) is 1. The zero-order valence-electron chi connectivity index (χ0n) is 23.0. The number of carbonyl (C=O) groups is 3. The second-order valence-electron chi connectivity index (χ2n) is 11.7. The van der Waals surface area contributed by atoms with E-state index in [0.717, 1.165) is 39.0 Å². The fourth-order valence-corrected chi connectivity index (χ4v) is 6.81. The Balaban J connectivity index is 1.25. The van der Waals surface area contributed by atoms with Gasteiger partial charge in [-0.1, -0.05) is 78.9 Å². The molecular formula is C32H31IN4O4. The lowest BCUT2D eigenvalue weighted by Crippen LogP contribution is -2.43. The number of aromatic nitrogens is 2. The van der Waals surface area contributed by atoms with E-state index in [1.54, 1.807) is 18.3 Å². The van der Waals surface area contributed by atoms with Crippen molar-refractivity contribution < 1.29 is 19.5 Å². The second kappa shape index (κ2) is 10.3. The van der Waals surface area contributed by atoms with Crippen LogP contribution in [0.5, 0.6) is 0 Å². The number of fused-ring (bicyclic) bond motifs is 4. The predicted molar refractivity (Wildman–Crippen MR) is 164 cm³/mol. The molecule has 0 saturated heterocycles. The molecule has 0 radical (unpaired) electrons. The average molecular weight is 663 g/mol. The van der Waals surface area contributed by atoms with Crippen molar-refractivity contribution in [2.75, 3.05) is 15.9 Å². The molecule has 2 aromatic heterocycles. The number of benzene rings is 1. The first-order valence-electron chi connectivity index (χ1n) is 13.8. The summed E-state index contributed by atoms with van der Waals surface area (Å²) in [4.78, 5) is 50.8. The third kappa shape index (κ3) is 4.54. The Bertz CT molecular complexity index is 1600. The van der Waals surface area contributed by atoms with Gasteiger partial charge in [-0.15, -0.1) is 0 Å². The van der Waals surface area contributed by atoms with E-state index in [1.807, 2.05) is 43.0 Å². The highest BCUT2D eigenvalue weighted by Gasteiger charge is 2.57. The third-order valence-corrected chi connectivity index (χ3v) is 10.5. The molecule has 3 aliphatic rings. The van der Waals surface area contributed by atoms with Crippen molar-refractivity contribution in [3.63, 3.8) is 0 Å². The summed E-state index contributed by atoms with van der Waals surface area (Å²) in [6.07, 6.45) is 8.53. The number of hydrogen-bond donors (Lipinski definition) is 1. The fraction of sp³-hybridized carbons (Fsp3) is 0.344. The predicted octanol–water partition coefficient (Wildman–Crippen LogP) is 5.53. The minimum absolute atomic E-state index is 0.0443. The smallest absolute Gasteiger partial charge is 0.420 e. The topological polar surface area (TPSA) is 104 Å². The summed E-state index contributed by atoms with van der Waals surface area (Å²) in [5.41, 5.74) is 4.28. The molecular weight excluding hydrogens is 631 g/mol. The zero-order chi connectivity index (χ0) is 28.9. The van der Waals surface area contributed by atoms with E-state index in [1.165, 1.54) is 17.3 Å². The van der Waals surface area contributed by atoms with Crippen LogP contribution in [0.4, 0.5) is 10.6 Å². The molecule has 210 valence electrons. The highest BCUT2D eigenvalue weighted by atomic mass is 127. The lowest BCUT2D eigenvalue weighted by Gasteiger charge is -2.35. The molecule has 1 spiro atoms. The summed E-state index contributed by atoms with van der Waals surface area (Å²) < 4.78 is 0.728. The Labute approximate surface area is 252 Å². The number of rotatable bonds is 6. The quantitative estimate of drug-likeness (QED) is 0.275. The van der Waals surface area contributed by atoms with Crippen molar-refractivity contribution in [2.45, 2.75) is 51.0 Å². The van der Waals surface area contributed by atoms with Crippen molar-refractivity contribution in [3.05, 3.63) is 94.4 Å². The number of hydrogen-bond acceptors (Lipinski definition) is 5. The van der Waals surface area contributed by atoms with Gasteiger partial charge in [0.25, 0.3) is 0 Å². The molecule has 1 aromatic carbocycles. The first-order chi connectivity index (χ1) is 19.7. The van der Waals surface area contributed by atoms with Crippen LogP contribution < -0.4 is 4.90 Å². The van der Waals surface area contributed by atoms with Gasteiger partial charge in [-0.2, -0.15) is 4.90 Å². The van der Waals surface area contributed by atoms with Gasteiger partial charge >= 0.3 is 6.09 Å². The van der Waals surface area contributed by atoms with Crippen molar-refractivity contribution in [1.29, 1.82) is 0 Å². The largest absolute Gasteiger partial charge is 0.464 e. The molecule has 0 fully saturated rings. The lowest BCUT2D eigenvalue weighted by molar-refractivity contribution is -0.141. The van der Waals surface area contributed by atoms with Crippen molar-refractivity contribution in [1.82, 2.24) is 14.9 Å². The molecule has 9 heteroatoms. The van der Waals surface area contributed by atoms with Gasteiger partial charge in [-0.3, -0.25) is 14.6 Å². The van der Waals surface area contributed by atoms with E-state index in [9.17, 15) is 19.5 Å². The van der Waals surface area contributed by atoms with Crippen molar-refractivity contribution in [2.24, 2.45) is 5.41 Å². The van der Waals surface area contributed by atoms with Crippen LogP contribution in [0.25, 0.3) is 6.08 Å². The van der Waals surface area contributed by atoms with Crippen LogP contribution in [0, 0.1) is 5.41 Å². The Kier molecular flexibility index (Phi) is 6.96. The summed E-state index contributed by atoms with van der Waals surface area (Å²) in [5, 5.41) is 9.73. The standard InChI is InChI=1S/C32H31IN4O4/c1-31(2,19-33)28(38)36(26-12-11-21-8-3-4-9-23(21)26)14-6-7-20-15-22-16-32(17-25(22)35-18-20)24-10-5-13-34-27(24)37(29(32)39)30(40)41/h3-10,13,15,18,26H,11-12,14,16-17,19H2,1-2H3,(H,40,41)/b7-6+/t26-,32+/m1/s1. The molecule has 41 heavy (non-hydrogen) atoms. The lowest BCUT2D eigenvalue weighted by atomic mass is 9.79. The Morgan fingerprint density at radius 3 is 2.76 bits per heavy atom. The molecule has 1 aliphatic heterocycles. The highest BCUT2D eigenvalue weighted by molar-refractivity contribution is 14.1. The summed E-state index contributed by atoms with van der Waals surface area (Å²) in [5.74, 6) is -0.148. The molecule has 0 unspecified atom stereocenters. The second-order valence-corrected chi connectivity index (χ2v) is 12.5. The fourth-order valence-electron chi connectivity index (χ4n) is 6.49. The van der Waals surface area contributed by atoms with E-state index >= 15 is 0 Å². The van der Waals surface area contributed by atoms with Crippen LogP contribution in [0.1, 0.15) is 59.8 Å². The summed E-state index contributed by atoms with van der Waals surface area (Å²) >= 11 is 2.29. The normalized spacial score (nSPS) is 20.9. The van der Waals surface area contributed by atoms with Crippen LogP contribution >= 0.6 is 22.6 Å². The van der Waals surface area contributed by atoms with Gasteiger partial charge in [0, 0.05) is 41.0 Å². The Hall–Kier alpha value is -3.60. The minimum atomic E-state index is -1.32. The Morgan fingerprint density at radius 2 is 1.98 bits per heavy atom. The maximum absolute atomic E-state index is 13.7. The zero-order valence-corrected chi connectivity index (χ0v) is 25.2. The number of alkyl halides is 1. The maximum atomic E-state index is 13.7. The summed E-state index contributed by atoms with van der Waals surface area (Å²) in [6.45, 7) is 4.48. The average Bonchev–Trinajstić information content (AvgIpc) is 3.63. The van der Waals surface area contributed by atoms with Gasteiger partial charge < -0.3 is 10.0 Å². The number of aryl methyl sites for hydroxylation is 1. The number of carbonyl (C=O) groups excluding carboxylic acids is 2. The number of pyridine rings is 2. The van der Waals surface area contributed by atoms with Crippen molar-refractivity contribution >= 4 is 52.4 Å². The molecule has 3 amide bonds.